The molecule has 4 heteroatoms. The van der Waals surface area contributed by atoms with E-state index in [9.17, 15) is 9.90 Å². The van der Waals surface area contributed by atoms with Gasteiger partial charge in [0.1, 0.15) is 0 Å². The maximum atomic E-state index is 11.0. The summed E-state index contributed by atoms with van der Waals surface area (Å²) < 4.78 is 0. The van der Waals surface area contributed by atoms with E-state index in [1.165, 1.54) is 30.4 Å². The van der Waals surface area contributed by atoms with Crippen LogP contribution in [0, 0.1) is 17.8 Å². The van der Waals surface area contributed by atoms with E-state index in [-0.39, 0.29) is 11.8 Å². The number of carbonyl (C=O) groups is 1. The number of piperidine rings is 1. The standard InChI is InChI=1S/C21H29NO3/c23-20(24)18-12-21(25,13-18)19-7-9-22(10-8-19)14-15-5-6-16-3-1-2-4-17(16)11-15/h1-4,15,18-19,25H,5-14H2,(H,23,24). The van der Waals surface area contributed by atoms with Crippen molar-refractivity contribution in [2.75, 3.05) is 19.6 Å². The number of nitrogens with zero attached hydrogens (tertiary/aromatic N) is 1. The van der Waals surface area contributed by atoms with E-state index in [2.05, 4.69) is 29.2 Å². The number of hydrogen-bond donors (Lipinski definition) is 2. The fourth-order valence-electron chi connectivity index (χ4n) is 5.25. The number of likely N-dealkylation sites (tertiary alicyclic amines) is 1. The minimum atomic E-state index is -0.750. The molecule has 136 valence electrons. The topological polar surface area (TPSA) is 60.8 Å². The SMILES string of the molecule is O=C(O)C1CC(O)(C2CCN(CC3CCc4ccccc4C3)CC2)C1. The zero-order chi connectivity index (χ0) is 17.4. The summed E-state index contributed by atoms with van der Waals surface area (Å²) in [6.07, 6.45) is 6.59. The predicted octanol–water partition coefficient (Wildman–Crippen LogP) is 2.73. The van der Waals surface area contributed by atoms with Gasteiger partial charge in [-0.3, -0.25) is 4.79 Å². The molecule has 0 spiro atoms. The number of hydrogen-bond acceptors (Lipinski definition) is 3. The third-order valence-corrected chi connectivity index (χ3v) is 6.86. The van der Waals surface area contributed by atoms with Crippen LogP contribution in [0.3, 0.4) is 0 Å². The van der Waals surface area contributed by atoms with Crippen molar-refractivity contribution >= 4 is 5.97 Å². The summed E-state index contributed by atoms with van der Waals surface area (Å²) in [6.45, 7) is 3.25. The van der Waals surface area contributed by atoms with Crippen LogP contribution in [0.25, 0.3) is 0 Å². The number of carboxylic acids is 1. The van der Waals surface area contributed by atoms with E-state index in [1.807, 2.05) is 0 Å². The van der Waals surface area contributed by atoms with Gasteiger partial charge in [0.25, 0.3) is 0 Å². The lowest BCUT2D eigenvalue weighted by molar-refractivity contribution is -0.170. The third-order valence-electron chi connectivity index (χ3n) is 6.86. The molecular weight excluding hydrogens is 314 g/mol. The molecule has 1 unspecified atom stereocenters. The molecule has 25 heavy (non-hydrogen) atoms. The van der Waals surface area contributed by atoms with Crippen molar-refractivity contribution in [1.29, 1.82) is 0 Å². The van der Waals surface area contributed by atoms with Gasteiger partial charge in [-0.2, -0.15) is 0 Å². The molecule has 0 amide bonds. The first-order chi connectivity index (χ1) is 12.0. The number of aryl methyl sites for hydroxylation is 1. The first-order valence-electron chi connectivity index (χ1n) is 9.78. The monoisotopic (exact) mass is 343 g/mol. The van der Waals surface area contributed by atoms with Crippen molar-refractivity contribution in [2.24, 2.45) is 17.8 Å². The summed E-state index contributed by atoms with van der Waals surface area (Å²) in [4.78, 5) is 13.6. The highest BCUT2D eigenvalue weighted by Gasteiger charge is 2.51. The molecular formula is C21H29NO3. The molecule has 0 bridgehead atoms. The average molecular weight is 343 g/mol. The number of benzene rings is 1. The van der Waals surface area contributed by atoms with Gasteiger partial charge >= 0.3 is 5.97 Å². The first kappa shape index (κ1) is 17.0. The largest absolute Gasteiger partial charge is 0.481 e. The number of fused-ring (bicyclic) bond motifs is 1. The Bertz CT molecular complexity index is 630. The first-order valence-corrected chi connectivity index (χ1v) is 9.78. The van der Waals surface area contributed by atoms with Crippen molar-refractivity contribution in [3.63, 3.8) is 0 Å². The summed E-state index contributed by atoms with van der Waals surface area (Å²) in [5.74, 6) is -0.0499. The second-order valence-electron chi connectivity index (χ2n) is 8.50. The van der Waals surface area contributed by atoms with E-state index < -0.39 is 11.6 Å². The molecule has 3 aliphatic rings. The van der Waals surface area contributed by atoms with Crippen LogP contribution < -0.4 is 0 Å². The quantitative estimate of drug-likeness (QED) is 0.882. The molecule has 2 N–H and O–H groups in total. The molecule has 1 aromatic rings. The Hall–Kier alpha value is -1.39. The predicted molar refractivity (Wildman–Crippen MR) is 96.4 cm³/mol. The van der Waals surface area contributed by atoms with E-state index in [4.69, 9.17) is 5.11 Å². The molecule has 1 atom stereocenters. The molecule has 2 fully saturated rings. The fraction of sp³-hybridized carbons (Fsp3) is 0.667. The van der Waals surface area contributed by atoms with Gasteiger partial charge in [-0.25, -0.2) is 0 Å². The normalized spacial score (nSPS) is 33.5. The maximum absolute atomic E-state index is 11.0. The number of aliphatic hydroxyl groups is 1. The van der Waals surface area contributed by atoms with Crippen molar-refractivity contribution in [2.45, 2.75) is 50.5 Å². The van der Waals surface area contributed by atoms with Gasteiger partial charge < -0.3 is 15.1 Å². The molecule has 4 nitrogen and oxygen atoms in total. The number of aliphatic carboxylic acids is 1. The van der Waals surface area contributed by atoms with Gasteiger partial charge in [-0.15, -0.1) is 0 Å². The third kappa shape index (κ3) is 3.47. The summed E-state index contributed by atoms with van der Waals surface area (Å²) in [7, 11) is 0. The Morgan fingerprint density at radius 3 is 2.48 bits per heavy atom. The van der Waals surface area contributed by atoms with Crippen molar-refractivity contribution < 1.29 is 15.0 Å². The van der Waals surface area contributed by atoms with Gasteiger partial charge in [0.2, 0.25) is 0 Å². The summed E-state index contributed by atoms with van der Waals surface area (Å²) in [5, 5.41) is 19.7. The van der Waals surface area contributed by atoms with Crippen molar-refractivity contribution in [1.82, 2.24) is 4.90 Å². The van der Waals surface area contributed by atoms with Gasteiger partial charge in [0, 0.05) is 6.54 Å². The van der Waals surface area contributed by atoms with E-state index in [1.54, 1.807) is 0 Å². The van der Waals surface area contributed by atoms with Crippen LogP contribution in [0.4, 0.5) is 0 Å². The van der Waals surface area contributed by atoms with Crippen LogP contribution in [0.5, 0.6) is 0 Å². The minimum absolute atomic E-state index is 0.284. The van der Waals surface area contributed by atoms with Crippen LogP contribution in [-0.2, 0) is 17.6 Å². The molecule has 2 aliphatic carbocycles. The highest BCUT2D eigenvalue weighted by molar-refractivity contribution is 5.71. The van der Waals surface area contributed by atoms with Gasteiger partial charge in [0.05, 0.1) is 11.5 Å². The van der Waals surface area contributed by atoms with E-state index >= 15 is 0 Å². The second-order valence-corrected chi connectivity index (χ2v) is 8.50. The van der Waals surface area contributed by atoms with Crippen LogP contribution in [0.15, 0.2) is 24.3 Å². The lowest BCUT2D eigenvalue weighted by Gasteiger charge is -2.49. The molecule has 4 rings (SSSR count). The van der Waals surface area contributed by atoms with Gasteiger partial charge in [0.15, 0.2) is 0 Å². The lowest BCUT2D eigenvalue weighted by Crippen LogP contribution is -2.55. The van der Waals surface area contributed by atoms with Crippen LogP contribution in [-0.4, -0.2) is 46.3 Å². The smallest absolute Gasteiger partial charge is 0.306 e. The zero-order valence-electron chi connectivity index (χ0n) is 14.9. The highest BCUT2D eigenvalue weighted by atomic mass is 16.4. The summed E-state index contributed by atoms with van der Waals surface area (Å²) in [6, 6.07) is 8.83. The van der Waals surface area contributed by atoms with E-state index in [0.29, 0.717) is 12.8 Å². The Morgan fingerprint density at radius 1 is 1.12 bits per heavy atom. The average Bonchev–Trinajstić information content (AvgIpc) is 2.59. The maximum Gasteiger partial charge on any atom is 0.306 e. The lowest BCUT2D eigenvalue weighted by atomic mass is 9.62. The molecule has 1 saturated heterocycles. The zero-order valence-corrected chi connectivity index (χ0v) is 14.9. The number of rotatable bonds is 4. The molecule has 1 aromatic carbocycles. The fourth-order valence-corrected chi connectivity index (χ4v) is 5.25. The van der Waals surface area contributed by atoms with Crippen LogP contribution >= 0.6 is 0 Å². The van der Waals surface area contributed by atoms with Crippen LogP contribution in [0.1, 0.15) is 43.2 Å². The molecule has 1 heterocycles. The summed E-state index contributed by atoms with van der Waals surface area (Å²) >= 11 is 0. The van der Waals surface area contributed by atoms with Crippen molar-refractivity contribution in [3.05, 3.63) is 35.4 Å². The Kier molecular flexibility index (Phi) is 4.59. The van der Waals surface area contributed by atoms with Gasteiger partial charge in [-0.1, -0.05) is 24.3 Å². The molecule has 1 aliphatic heterocycles. The summed E-state index contributed by atoms with van der Waals surface area (Å²) in [5.41, 5.74) is 2.34. The van der Waals surface area contributed by atoms with Crippen LogP contribution in [0.2, 0.25) is 0 Å². The van der Waals surface area contributed by atoms with Gasteiger partial charge in [-0.05, 0) is 81.0 Å². The van der Waals surface area contributed by atoms with E-state index in [0.717, 1.165) is 38.4 Å². The Labute approximate surface area is 149 Å². The van der Waals surface area contributed by atoms with Crippen molar-refractivity contribution in [3.8, 4) is 0 Å². The number of carboxylic acid groups (broad SMARTS) is 1. The Morgan fingerprint density at radius 2 is 1.80 bits per heavy atom. The molecule has 0 aromatic heterocycles. The second kappa shape index (κ2) is 6.73. The molecule has 0 radical (unpaired) electrons. The Balaban J connectivity index is 1.25. The molecule has 1 saturated carbocycles. The minimum Gasteiger partial charge on any atom is -0.481 e. The highest BCUT2D eigenvalue weighted by Crippen LogP contribution is 2.46.